The van der Waals surface area contributed by atoms with E-state index in [1.807, 2.05) is 6.07 Å². The number of halogens is 1. The highest BCUT2D eigenvalue weighted by molar-refractivity contribution is 6.17. The van der Waals surface area contributed by atoms with E-state index in [9.17, 15) is 0 Å². The van der Waals surface area contributed by atoms with Crippen LogP contribution in [0.5, 0.6) is 0 Å². The number of rotatable bonds is 1. The third-order valence-electron chi connectivity index (χ3n) is 1.21. The predicted octanol–water partition coefficient (Wildman–Crippen LogP) is 1.80. The quantitative estimate of drug-likeness (QED) is 0.441. The molecule has 0 aliphatic carbocycles. The fourth-order valence-electron chi connectivity index (χ4n) is 0.670. The maximum absolute atomic E-state index is 5.59. The average molecular weight is 152 g/mol. The molecule has 0 aliphatic heterocycles. The molecule has 0 aromatic carbocycles. The molecule has 0 atom stereocenters. The highest BCUT2D eigenvalue weighted by Crippen LogP contribution is 2.07. The Kier molecular flexibility index (Phi) is 2.30. The minimum absolute atomic E-state index is 0.446. The van der Waals surface area contributed by atoms with Gasteiger partial charge in [0.25, 0.3) is 0 Å². The summed E-state index contributed by atoms with van der Waals surface area (Å²) in [6.07, 6.45) is 8.49. The van der Waals surface area contributed by atoms with Gasteiger partial charge in [0.05, 0.1) is 0 Å². The minimum atomic E-state index is 0.446. The van der Waals surface area contributed by atoms with Gasteiger partial charge in [-0.2, -0.15) is 0 Å². The SMILES string of the molecule is C#Cc1cnccc1CCl. The Morgan fingerprint density at radius 2 is 2.50 bits per heavy atom. The van der Waals surface area contributed by atoms with E-state index in [1.54, 1.807) is 12.4 Å². The highest BCUT2D eigenvalue weighted by atomic mass is 35.5. The monoisotopic (exact) mass is 151 g/mol. The van der Waals surface area contributed by atoms with Crippen molar-refractivity contribution in [2.24, 2.45) is 0 Å². The van der Waals surface area contributed by atoms with Crippen molar-refractivity contribution in [2.75, 3.05) is 0 Å². The summed E-state index contributed by atoms with van der Waals surface area (Å²) < 4.78 is 0. The number of aromatic nitrogens is 1. The second-order valence-corrected chi connectivity index (χ2v) is 2.08. The summed E-state index contributed by atoms with van der Waals surface area (Å²) in [5.74, 6) is 2.95. The van der Waals surface area contributed by atoms with Crippen LogP contribution in [0.3, 0.4) is 0 Å². The van der Waals surface area contributed by atoms with Crippen molar-refractivity contribution < 1.29 is 0 Å². The molecule has 1 heterocycles. The maximum Gasteiger partial charge on any atom is 0.0487 e. The zero-order chi connectivity index (χ0) is 7.40. The summed E-state index contributed by atoms with van der Waals surface area (Å²) in [4.78, 5) is 3.86. The fraction of sp³-hybridized carbons (Fsp3) is 0.125. The van der Waals surface area contributed by atoms with E-state index < -0.39 is 0 Å². The Morgan fingerprint density at radius 1 is 1.70 bits per heavy atom. The molecule has 0 bridgehead atoms. The maximum atomic E-state index is 5.59. The summed E-state index contributed by atoms with van der Waals surface area (Å²) in [6, 6.07) is 1.82. The first-order chi connectivity index (χ1) is 4.88. The molecule has 50 valence electrons. The molecule has 0 fully saturated rings. The van der Waals surface area contributed by atoms with E-state index in [-0.39, 0.29) is 0 Å². The molecule has 1 aromatic rings. The minimum Gasteiger partial charge on any atom is -0.263 e. The normalized spacial score (nSPS) is 8.80. The zero-order valence-corrected chi connectivity index (χ0v) is 6.10. The fourth-order valence-corrected chi connectivity index (χ4v) is 0.903. The molecular weight excluding hydrogens is 146 g/mol. The molecule has 0 aliphatic rings. The Balaban J connectivity index is 3.12. The number of pyridine rings is 1. The van der Waals surface area contributed by atoms with Gasteiger partial charge in [-0.15, -0.1) is 18.0 Å². The zero-order valence-electron chi connectivity index (χ0n) is 5.34. The molecule has 10 heavy (non-hydrogen) atoms. The summed E-state index contributed by atoms with van der Waals surface area (Å²) in [7, 11) is 0. The van der Waals surface area contributed by atoms with Gasteiger partial charge in [0.2, 0.25) is 0 Å². The van der Waals surface area contributed by atoms with Gasteiger partial charge in [-0.1, -0.05) is 5.92 Å². The van der Waals surface area contributed by atoms with Crippen molar-refractivity contribution in [3.05, 3.63) is 29.6 Å². The first-order valence-electron chi connectivity index (χ1n) is 2.84. The van der Waals surface area contributed by atoms with Gasteiger partial charge in [0.1, 0.15) is 0 Å². The van der Waals surface area contributed by atoms with Crippen LogP contribution in [0, 0.1) is 12.3 Å². The summed E-state index contributed by atoms with van der Waals surface area (Å²) in [5.41, 5.74) is 1.73. The molecule has 0 amide bonds. The van der Waals surface area contributed by atoms with Gasteiger partial charge in [-0.25, -0.2) is 0 Å². The van der Waals surface area contributed by atoms with Crippen molar-refractivity contribution in [2.45, 2.75) is 5.88 Å². The molecule has 0 saturated carbocycles. The molecule has 1 aromatic heterocycles. The Bertz CT molecular complexity index is 262. The Morgan fingerprint density at radius 3 is 3.00 bits per heavy atom. The van der Waals surface area contributed by atoms with Gasteiger partial charge >= 0.3 is 0 Å². The van der Waals surface area contributed by atoms with E-state index in [1.165, 1.54) is 0 Å². The Labute approximate surface area is 65.0 Å². The average Bonchev–Trinajstić information content (AvgIpc) is 2.04. The summed E-state index contributed by atoms with van der Waals surface area (Å²) in [6.45, 7) is 0. The van der Waals surface area contributed by atoms with Crippen LogP contribution >= 0.6 is 11.6 Å². The number of terminal acetylenes is 1. The topological polar surface area (TPSA) is 12.9 Å². The van der Waals surface area contributed by atoms with Crippen LogP contribution in [-0.2, 0) is 5.88 Å². The van der Waals surface area contributed by atoms with Crippen LogP contribution in [0.2, 0.25) is 0 Å². The first kappa shape index (κ1) is 7.11. The lowest BCUT2D eigenvalue weighted by molar-refractivity contribution is 1.25. The van der Waals surface area contributed by atoms with Crippen molar-refractivity contribution in [1.82, 2.24) is 4.98 Å². The van der Waals surface area contributed by atoms with Crippen LogP contribution in [0.4, 0.5) is 0 Å². The molecule has 2 heteroatoms. The highest BCUT2D eigenvalue weighted by Gasteiger charge is 1.94. The van der Waals surface area contributed by atoms with Gasteiger partial charge in [0.15, 0.2) is 0 Å². The first-order valence-corrected chi connectivity index (χ1v) is 3.37. The van der Waals surface area contributed by atoms with Crippen molar-refractivity contribution in [3.63, 3.8) is 0 Å². The van der Waals surface area contributed by atoms with Gasteiger partial charge in [0, 0.05) is 23.8 Å². The molecule has 0 N–H and O–H groups in total. The van der Waals surface area contributed by atoms with Crippen molar-refractivity contribution in [1.29, 1.82) is 0 Å². The lowest BCUT2D eigenvalue weighted by Gasteiger charge is -1.95. The molecule has 0 saturated heterocycles. The van der Waals surface area contributed by atoms with Gasteiger partial charge in [-0.3, -0.25) is 4.98 Å². The standard InChI is InChI=1S/C8H6ClN/c1-2-7-6-10-4-3-8(7)5-9/h1,3-4,6H,5H2. The predicted molar refractivity (Wildman–Crippen MR) is 41.7 cm³/mol. The van der Waals surface area contributed by atoms with Gasteiger partial charge in [-0.05, 0) is 11.6 Å². The molecule has 0 radical (unpaired) electrons. The second-order valence-electron chi connectivity index (χ2n) is 1.81. The Hall–Kier alpha value is -1.00. The van der Waals surface area contributed by atoms with Crippen molar-refractivity contribution >= 4 is 11.6 Å². The lowest BCUT2D eigenvalue weighted by atomic mass is 10.2. The van der Waals surface area contributed by atoms with Crippen molar-refractivity contribution in [3.8, 4) is 12.3 Å². The van der Waals surface area contributed by atoms with E-state index >= 15 is 0 Å². The van der Waals surface area contributed by atoms with Crippen LogP contribution in [0.25, 0.3) is 0 Å². The van der Waals surface area contributed by atoms with Gasteiger partial charge < -0.3 is 0 Å². The third-order valence-corrected chi connectivity index (χ3v) is 1.50. The number of hydrogen-bond acceptors (Lipinski definition) is 1. The molecule has 1 rings (SSSR count). The number of alkyl halides is 1. The van der Waals surface area contributed by atoms with E-state index in [0.717, 1.165) is 11.1 Å². The van der Waals surface area contributed by atoms with E-state index in [0.29, 0.717) is 5.88 Å². The largest absolute Gasteiger partial charge is 0.263 e. The molecule has 1 nitrogen and oxygen atoms in total. The van der Waals surface area contributed by atoms with E-state index in [4.69, 9.17) is 18.0 Å². The van der Waals surface area contributed by atoms with Crippen LogP contribution in [0.15, 0.2) is 18.5 Å². The molecule has 0 unspecified atom stereocenters. The van der Waals surface area contributed by atoms with Crippen LogP contribution < -0.4 is 0 Å². The smallest absolute Gasteiger partial charge is 0.0487 e. The second kappa shape index (κ2) is 3.24. The summed E-state index contributed by atoms with van der Waals surface area (Å²) >= 11 is 5.59. The summed E-state index contributed by atoms with van der Waals surface area (Å²) in [5, 5.41) is 0. The molecular formula is C8H6ClN. The number of hydrogen-bond donors (Lipinski definition) is 0. The third kappa shape index (κ3) is 1.29. The lowest BCUT2D eigenvalue weighted by Crippen LogP contribution is -1.85. The van der Waals surface area contributed by atoms with Crippen LogP contribution in [-0.4, -0.2) is 4.98 Å². The van der Waals surface area contributed by atoms with E-state index in [2.05, 4.69) is 10.9 Å². The van der Waals surface area contributed by atoms with Crippen LogP contribution in [0.1, 0.15) is 11.1 Å². The molecule has 0 spiro atoms. The number of nitrogens with zero attached hydrogens (tertiary/aromatic N) is 1.